The van der Waals surface area contributed by atoms with Gasteiger partial charge in [0.15, 0.2) is 0 Å². The number of para-hydroxylation sites is 1. The summed E-state index contributed by atoms with van der Waals surface area (Å²) >= 11 is 6.41. The molecule has 3 rings (SSSR count). The standard InChI is InChI=1S/C33H37ClN4O4/c1-6-23-15-17-25(18-16-23)29(30(39)37-28-22(2)11-10-14-26(28)34)38(20-19-35)31(40)27(21-24-12-8-7-9-13-24)36-32(41)42-33(3,4)5/h7-18,27,29H,6,20-21H2,1-5H3,(H,36,41)(H,37,39). The largest absolute Gasteiger partial charge is 0.444 e. The Hall–Kier alpha value is -4.35. The lowest BCUT2D eigenvalue weighted by atomic mass is 9.99. The Morgan fingerprint density at radius 1 is 0.976 bits per heavy atom. The molecule has 0 bridgehead atoms. The van der Waals surface area contributed by atoms with E-state index < -0.39 is 42.1 Å². The molecule has 220 valence electrons. The summed E-state index contributed by atoms with van der Waals surface area (Å²) in [6.07, 6.45) is 0.122. The van der Waals surface area contributed by atoms with E-state index in [1.807, 2.05) is 68.4 Å². The Kier molecular flexibility index (Phi) is 11.1. The van der Waals surface area contributed by atoms with Gasteiger partial charge in [0.1, 0.15) is 24.2 Å². The van der Waals surface area contributed by atoms with E-state index in [4.69, 9.17) is 16.3 Å². The molecular weight excluding hydrogens is 552 g/mol. The highest BCUT2D eigenvalue weighted by Gasteiger charge is 2.37. The highest BCUT2D eigenvalue weighted by Crippen LogP contribution is 2.29. The fraction of sp³-hybridized carbons (Fsp3) is 0.333. The maximum Gasteiger partial charge on any atom is 0.408 e. The number of carbonyl (C=O) groups is 3. The third kappa shape index (κ3) is 8.82. The summed E-state index contributed by atoms with van der Waals surface area (Å²) in [4.78, 5) is 42.3. The summed E-state index contributed by atoms with van der Waals surface area (Å²) in [7, 11) is 0. The molecule has 2 atom stereocenters. The maximum atomic E-state index is 14.3. The van der Waals surface area contributed by atoms with Gasteiger partial charge in [0.2, 0.25) is 5.91 Å². The molecule has 0 spiro atoms. The zero-order valence-corrected chi connectivity index (χ0v) is 25.4. The van der Waals surface area contributed by atoms with Crippen molar-refractivity contribution < 1.29 is 19.1 Å². The van der Waals surface area contributed by atoms with E-state index in [-0.39, 0.29) is 6.42 Å². The second-order valence-corrected chi connectivity index (χ2v) is 11.3. The summed E-state index contributed by atoms with van der Waals surface area (Å²) in [5.41, 5.74) is 2.69. The van der Waals surface area contributed by atoms with Crippen LogP contribution < -0.4 is 10.6 Å². The third-order valence-corrected chi connectivity index (χ3v) is 6.84. The Morgan fingerprint density at radius 3 is 2.21 bits per heavy atom. The fourth-order valence-corrected chi connectivity index (χ4v) is 4.73. The molecule has 0 heterocycles. The highest BCUT2D eigenvalue weighted by molar-refractivity contribution is 6.34. The van der Waals surface area contributed by atoms with Crippen molar-refractivity contribution in [2.75, 3.05) is 11.9 Å². The van der Waals surface area contributed by atoms with Crippen LogP contribution in [0.4, 0.5) is 10.5 Å². The molecule has 3 amide bonds. The van der Waals surface area contributed by atoms with E-state index in [0.29, 0.717) is 16.3 Å². The van der Waals surface area contributed by atoms with Gasteiger partial charge in [0.25, 0.3) is 5.91 Å². The van der Waals surface area contributed by atoms with E-state index in [1.54, 1.807) is 45.0 Å². The average Bonchev–Trinajstić information content (AvgIpc) is 2.94. The molecule has 0 saturated heterocycles. The predicted molar refractivity (Wildman–Crippen MR) is 164 cm³/mol. The molecule has 0 aliphatic carbocycles. The Balaban J connectivity index is 2.07. The van der Waals surface area contributed by atoms with Gasteiger partial charge in [-0.2, -0.15) is 5.26 Å². The molecule has 0 aliphatic rings. The molecule has 0 radical (unpaired) electrons. The molecule has 3 aromatic carbocycles. The molecule has 3 aromatic rings. The molecule has 2 N–H and O–H groups in total. The minimum atomic E-state index is -1.20. The summed E-state index contributed by atoms with van der Waals surface area (Å²) in [5, 5.41) is 15.7. The number of amides is 3. The van der Waals surface area contributed by atoms with E-state index >= 15 is 0 Å². The second kappa shape index (κ2) is 14.5. The minimum absolute atomic E-state index is 0.119. The zero-order valence-electron chi connectivity index (χ0n) is 24.6. The van der Waals surface area contributed by atoms with Crippen molar-refractivity contribution in [2.45, 2.75) is 65.1 Å². The van der Waals surface area contributed by atoms with Crippen molar-refractivity contribution in [1.29, 1.82) is 5.26 Å². The molecule has 9 heteroatoms. The summed E-state index contributed by atoms with van der Waals surface area (Å²) < 4.78 is 5.44. The number of rotatable bonds is 10. The van der Waals surface area contributed by atoms with Crippen LogP contribution in [0.2, 0.25) is 5.02 Å². The predicted octanol–water partition coefficient (Wildman–Crippen LogP) is 6.38. The molecule has 0 aliphatic heterocycles. The van der Waals surface area contributed by atoms with Gasteiger partial charge < -0.3 is 20.3 Å². The first-order valence-corrected chi connectivity index (χ1v) is 14.2. The van der Waals surface area contributed by atoms with Gasteiger partial charge in [-0.3, -0.25) is 9.59 Å². The Morgan fingerprint density at radius 2 is 1.64 bits per heavy atom. The SMILES string of the molecule is CCc1ccc(C(C(=O)Nc2c(C)cccc2Cl)N(CC#N)C(=O)C(Cc2ccccc2)NC(=O)OC(C)(C)C)cc1. The lowest BCUT2D eigenvalue weighted by Crippen LogP contribution is -2.53. The van der Waals surface area contributed by atoms with Crippen molar-refractivity contribution in [3.63, 3.8) is 0 Å². The van der Waals surface area contributed by atoms with Crippen LogP contribution in [0.1, 0.15) is 56.0 Å². The van der Waals surface area contributed by atoms with Crippen LogP contribution in [0.25, 0.3) is 0 Å². The van der Waals surface area contributed by atoms with Gasteiger partial charge in [-0.05, 0) is 62.4 Å². The number of anilines is 1. The van der Waals surface area contributed by atoms with Gasteiger partial charge in [-0.15, -0.1) is 0 Å². The van der Waals surface area contributed by atoms with Gasteiger partial charge in [-0.1, -0.05) is 85.3 Å². The van der Waals surface area contributed by atoms with Crippen LogP contribution in [-0.4, -0.2) is 41.0 Å². The summed E-state index contributed by atoms with van der Waals surface area (Å²) in [6.45, 7) is 8.58. The number of carbonyl (C=O) groups excluding carboxylic acids is 3. The highest BCUT2D eigenvalue weighted by atomic mass is 35.5. The molecule has 0 aromatic heterocycles. The molecule has 0 saturated carbocycles. The number of aryl methyl sites for hydroxylation is 2. The Bertz CT molecular complexity index is 1410. The smallest absolute Gasteiger partial charge is 0.408 e. The quantitative estimate of drug-likeness (QED) is 0.267. The zero-order chi connectivity index (χ0) is 30.9. The number of nitrogens with zero attached hydrogens (tertiary/aromatic N) is 2. The van der Waals surface area contributed by atoms with E-state index in [2.05, 4.69) is 10.6 Å². The van der Waals surface area contributed by atoms with E-state index in [9.17, 15) is 19.6 Å². The number of hydrogen-bond donors (Lipinski definition) is 2. The van der Waals surface area contributed by atoms with Gasteiger partial charge in [0, 0.05) is 6.42 Å². The van der Waals surface area contributed by atoms with Crippen molar-refractivity contribution in [3.8, 4) is 6.07 Å². The van der Waals surface area contributed by atoms with Crippen LogP contribution in [-0.2, 0) is 27.2 Å². The molecule has 0 fully saturated rings. The topological polar surface area (TPSA) is 112 Å². The first-order valence-electron chi connectivity index (χ1n) is 13.8. The molecule has 8 nitrogen and oxygen atoms in total. The maximum absolute atomic E-state index is 14.3. The number of alkyl carbamates (subject to hydrolysis) is 1. The van der Waals surface area contributed by atoms with Crippen molar-refractivity contribution in [1.82, 2.24) is 10.2 Å². The van der Waals surface area contributed by atoms with Gasteiger partial charge in [-0.25, -0.2) is 4.79 Å². The number of benzene rings is 3. The monoisotopic (exact) mass is 588 g/mol. The number of ether oxygens (including phenoxy) is 1. The van der Waals surface area contributed by atoms with Crippen LogP contribution in [0.15, 0.2) is 72.8 Å². The average molecular weight is 589 g/mol. The van der Waals surface area contributed by atoms with E-state index in [1.165, 1.54) is 4.90 Å². The lowest BCUT2D eigenvalue weighted by molar-refractivity contribution is -0.140. The number of nitrogens with one attached hydrogen (secondary N) is 2. The van der Waals surface area contributed by atoms with Crippen molar-refractivity contribution in [3.05, 3.63) is 100 Å². The molecule has 2 unspecified atom stereocenters. The van der Waals surface area contributed by atoms with Crippen LogP contribution in [0, 0.1) is 18.3 Å². The first-order chi connectivity index (χ1) is 19.9. The third-order valence-electron chi connectivity index (χ3n) is 6.53. The molecule has 42 heavy (non-hydrogen) atoms. The van der Waals surface area contributed by atoms with Gasteiger partial charge in [0.05, 0.1) is 16.8 Å². The summed E-state index contributed by atoms with van der Waals surface area (Å²) in [5.74, 6) is -1.16. The number of hydrogen-bond acceptors (Lipinski definition) is 5. The fourth-order valence-electron chi connectivity index (χ4n) is 4.46. The number of halogens is 1. The van der Waals surface area contributed by atoms with Crippen molar-refractivity contribution >= 4 is 35.2 Å². The normalized spacial score (nSPS) is 12.4. The summed E-state index contributed by atoms with van der Waals surface area (Å²) in [6, 6.07) is 21.4. The number of nitriles is 1. The van der Waals surface area contributed by atoms with Gasteiger partial charge >= 0.3 is 6.09 Å². The minimum Gasteiger partial charge on any atom is -0.444 e. The van der Waals surface area contributed by atoms with Crippen LogP contribution in [0.3, 0.4) is 0 Å². The lowest BCUT2D eigenvalue weighted by Gasteiger charge is -2.33. The van der Waals surface area contributed by atoms with E-state index in [0.717, 1.165) is 23.1 Å². The molecular formula is C33H37ClN4O4. The van der Waals surface area contributed by atoms with Crippen LogP contribution >= 0.6 is 11.6 Å². The Labute approximate surface area is 252 Å². The van der Waals surface area contributed by atoms with Crippen LogP contribution in [0.5, 0.6) is 0 Å². The first kappa shape index (κ1) is 32.2. The van der Waals surface area contributed by atoms with Crippen molar-refractivity contribution in [2.24, 2.45) is 0 Å². The second-order valence-electron chi connectivity index (χ2n) is 10.9.